The van der Waals surface area contributed by atoms with E-state index < -0.39 is 0 Å². The molecule has 3 heterocycles. The van der Waals surface area contributed by atoms with E-state index in [4.69, 9.17) is 5.73 Å². The highest BCUT2D eigenvalue weighted by Crippen LogP contribution is 2.38. The average molecular weight is 362 g/mol. The van der Waals surface area contributed by atoms with Gasteiger partial charge in [0.2, 0.25) is 5.91 Å². The first kappa shape index (κ1) is 17.4. The van der Waals surface area contributed by atoms with Crippen LogP contribution in [0.1, 0.15) is 12.0 Å². The Hall–Kier alpha value is -3.06. The SMILES string of the molecule is CNC[C@H]1C[C@@H]1C(=O)Nc1cc2cc(-c3cnccc3C)nc(N)c2cn1. The maximum atomic E-state index is 12.4. The molecule has 2 atom stereocenters. The first-order valence-corrected chi connectivity index (χ1v) is 8.99. The number of hydrogen-bond acceptors (Lipinski definition) is 6. The minimum absolute atomic E-state index is 0.0208. The van der Waals surface area contributed by atoms with Crippen molar-refractivity contribution in [2.45, 2.75) is 13.3 Å². The van der Waals surface area contributed by atoms with E-state index in [0.29, 0.717) is 17.6 Å². The van der Waals surface area contributed by atoms with Crippen molar-refractivity contribution < 1.29 is 4.79 Å². The van der Waals surface area contributed by atoms with Crippen molar-refractivity contribution >= 4 is 28.3 Å². The molecule has 0 bridgehead atoms. The third-order valence-electron chi connectivity index (χ3n) is 5.04. The van der Waals surface area contributed by atoms with Gasteiger partial charge in [-0.15, -0.1) is 0 Å². The zero-order valence-electron chi connectivity index (χ0n) is 15.4. The Morgan fingerprint density at radius 2 is 2.19 bits per heavy atom. The standard InChI is InChI=1S/C20H22N6O/c1-11-3-4-23-9-15(11)17-6-12-7-18(24-10-16(12)19(21)25-17)26-20(27)14-5-13(14)8-22-2/h3-4,6-7,9-10,13-14,22H,5,8H2,1-2H3,(H2,21,25)(H,24,26,27)/t13-,14+/m1/s1. The van der Waals surface area contributed by atoms with Gasteiger partial charge >= 0.3 is 0 Å². The van der Waals surface area contributed by atoms with Gasteiger partial charge in [0.15, 0.2) is 0 Å². The minimum Gasteiger partial charge on any atom is -0.383 e. The van der Waals surface area contributed by atoms with Crippen LogP contribution in [0.2, 0.25) is 0 Å². The molecule has 0 aliphatic heterocycles. The maximum Gasteiger partial charge on any atom is 0.228 e. The average Bonchev–Trinajstić information content (AvgIpc) is 3.41. The topological polar surface area (TPSA) is 106 Å². The fourth-order valence-corrected chi connectivity index (χ4v) is 3.39. The second-order valence-corrected chi connectivity index (χ2v) is 7.02. The summed E-state index contributed by atoms with van der Waals surface area (Å²) in [5.74, 6) is 1.43. The number of carbonyl (C=O) groups excluding carboxylic acids is 1. The van der Waals surface area contributed by atoms with Crippen LogP contribution in [0.5, 0.6) is 0 Å². The minimum atomic E-state index is 0.0208. The monoisotopic (exact) mass is 362 g/mol. The van der Waals surface area contributed by atoms with Crippen LogP contribution in [0.4, 0.5) is 11.6 Å². The van der Waals surface area contributed by atoms with Crippen LogP contribution in [0.25, 0.3) is 22.0 Å². The zero-order chi connectivity index (χ0) is 19.0. The summed E-state index contributed by atoms with van der Waals surface area (Å²) in [7, 11) is 1.90. The Kier molecular flexibility index (Phi) is 4.45. The van der Waals surface area contributed by atoms with Crippen molar-refractivity contribution in [2.75, 3.05) is 24.6 Å². The van der Waals surface area contributed by atoms with Gasteiger partial charge in [0.25, 0.3) is 0 Å². The van der Waals surface area contributed by atoms with E-state index in [1.165, 1.54) is 0 Å². The molecule has 1 amide bonds. The second-order valence-electron chi connectivity index (χ2n) is 7.02. The predicted octanol–water partition coefficient (Wildman–Crippen LogP) is 2.38. The molecule has 138 valence electrons. The molecule has 1 saturated carbocycles. The fraction of sp³-hybridized carbons (Fsp3) is 0.300. The summed E-state index contributed by atoms with van der Waals surface area (Å²) in [6, 6.07) is 5.73. The zero-order valence-corrected chi connectivity index (χ0v) is 15.4. The van der Waals surface area contributed by atoms with Crippen LogP contribution in [0.15, 0.2) is 36.8 Å². The molecule has 3 aromatic heterocycles. The molecule has 4 N–H and O–H groups in total. The van der Waals surface area contributed by atoms with E-state index >= 15 is 0 Å². The highest BCUT2D eigenvalue weighted by atomic mass is 16.2. The predicted molar refractivity (Wildman–Crippen MR) is 106 cm³/mol. The number of rotatable bonds is 5. The van der Waals surface area contributed by atoms with E-state index in [9.17, 15) is 4.79 Å². The van der Waals surface area contributed by atoms with Gasteiger partial charge in [-0.3, -0.25) is 9.78 Å². The molecule has 3 aromatic rings. The number of aromatic nitrogens is 3. The van der Waals surface area contributed by atoms with E-state index in [1.54, 1.807) is 18.6 Å². The molecule has 0 unspecified atom stereocenters. The van der Waals surface area contributed by atoms with Gasteiger partial charge in [-0.05, 0) is 62.0 Å². The lowest BCUT2D eigenvalue weighted by atomic mass is 10.1. The molecule has 7 nitrogen and oxygen atoms in total. The first-order chi connectivity index (χ1) is 13.1. The van der Waals surface area contributed by atoms with Gasteiger partial charge in [0, 0.05) is 35.5 Å². The van der Waals surface area contributed by atoms with Gasteiger partial charge in [-0.25, -0.2) is 9.97 Å². The van der Waals surface area contributed by atoms with Crippen LogP contribution >= 0.6 is 0 Å². The lowest BCUT2D eigenvalue weighted by Crippen LogP contribution is -2.19. The Morgan fingerprint density at radius 3 is 2.96 bits per heavy atom. The molecule has 1 aliphatic rings. The van der Waals surface area contributed by atoms with Crippen molar-refractivity contribution in [1.29, 1.82) is 0 Å². The summed E-state index contributed by atoms with van der Waals surface area (Å²) in [5.41, 5.74) is 8.90. The molecule has 0 saturated heterocycles. The molecule has 1 fully saturated rings. The molecule has 0 radical (unpaired) electrons. The van der Waals surface area contributed by atoms with E-state index in [0.717, 1.165) is 40.6 Å². The number of nitrogens with zero attached hydrogens (tertiary/aromatic N) is 3. The van der Waals surface area contributed by atoms with Gasteiger partial charge in [0.1, 0.15) is 11.6 Å². The van der Waals surface area contributed by atoms with Gasteiger partial charge in [-0.1, -0.05) is 0 Å². The molecule has 1 aliphatic carbocycles. The van der Waals surface area contributed by atoms with E-state index in [1.807, 2.05) is 32.2 Å². The Bertz CT molecular complexity index is 1020. The Labute approximate surface area is 157 Å². The van der Waals surface area contributed by atoms with Crippen LogP contribution in [0.3, 0.4) is 0 Å². The summed E-state index contributed by atoms with van der Waals surface area (Å²) in [5, 5.41) is 7.68. The number of aryl methyl sites for hydroxylation is 1. The molecule has 0 spiro atoms. The van der Waals surface area contributed by atoms with Gasteiger partial charge < -0.3 is 16.4 Å². The molecular formula is C20H22N6O. The summed E-state index contributed by atoms with van der Waals surface area (Å²) < 4.78 is 0. The van der Waals surface area contributed by atoms with Crippen LogP contribution in [-0.2, 0) is 4.79 Å². The van der Waals surface area contributed by atoms with Gasteiger partial charge in [-0.2, -0.15) is 0 Å². The summed E-state index contributed by atoms with van der Waals surface area (Å²) in [6.07, 6.45) is 6.11. The highest BCUT2D eigenvalue weighted by Gasteiger charge is 2.42. The normalized spacial score (nSPS) is 18.4. The van der Waals surface area contributed by atoms with Crippen LogP contribution < -0.4 is 16.4 Å². The number of anilines is 2. The highest BCUT2D eigenvalue weighted by molar-refractivity contribution is 5.98. The van der Waals surface area contributed by atoms with Crippen LogP contribution in [0, 0.1) is 18.8 Å². The van der Waals surface area contributed by atoms with E-state index in [2.05, 4.69) is 25.6 Å². The van der Waals surface area contributed by atoms with Crippen molar-refractivity contribution in [3.05, 3.63) is 42.4 Å². The molecule has 4 rings (SSSR count). The van der Waals surface area contributed by atoms with Crippen molar-refractivity contribution in [1.82, 2.24) is 20.3 Å². The largest absolute Gasteiger partial charge is 0.383 e. The Morgan fingerprint density at radius 1 is 1.33 bits per heavy atom. The lowest BCUT2D eigenvalue weighted by molar-refractivity contribution is -0.117. The number of amides is 1. The van der Waals surface area contributed by atoms with Crippen molar-refractivity contribution in [2.24, 2.45) is 11.8 Å². The summed E-state index contributed by atoms with van der Waals surface area (Å²) >= 11 is 0. The van der Waals surface area contributed by atoms with Crippen LogP contribution in [-0.4, -0.2) is 34.5 Å². The lowest BCUT2D eigenvalue weighted by Gasteiger charge is -2.10. The molecule has 7 heteroatoms. The number of nitrogens with two attached hydrogens (primary N) is 1. The number of nitrogens with one attached hydrogen (secondary N) is 2. The third kappa shape index (κ3) is 3.46. The smallest absolute Gasteiger partial charge is 0.228 e. The summed E-state index contributed by atoms with van der Waals surface area (Å²) in [6.45, 7) is 2.87. The second kappa shape index (κ2) is 6.92. The molecule has 27 heavy (non-hydrogen) atoms. The van der Waals surface area contributed by atoms with Crippen molar-refractivity contribution in [3.63, 3.8) is 0 Å². The quantitative estimate of drug-likeness (QED) is 0.643. The number of fused-ring (bicyclic) bond motifs is 1. The number of nitrogen functional groups attached to an aromatic ring is 1. The Balaban J connectivity index is 1.63. The third-order valence-corrected chi connectivity index (χ3v) is 5.04. The number of carbonyl (C=O) groups is 1. The van der Waals surface area contributed by atoms with E-state index in [-0.39, 0.29) is 11.8 Å². The number of hydrogen-bond donors (Lipinski definition) is 3. The molecular weight excluding hydrogens is 340 g/mol. The maximum absolute atomic E-state index is 12.4. The fourth-order valence-electron chi connectivity index (χ4n) is 3.39. The first-order valence-electron chi connectivity index (χ1n) is 8.99. The summed E-state index contributed by atoms with van der Waals surface area (Å²) in [4.78, 5) is 25.4. The number of pyridine rings is 3. The van der Waals surface area contributed by atoms with Gasteiger partial charge in [0.05, 0.1) is 5.69 Å². The van der Waals surface area contributed by atoms with Crippen molar-refractivity contribution in [3.8, 4) is 11.3 Å². The molecule has 0 aromatic carbocycles.